The molecule has 158 valence electrons. The predicted octanol–water partition coefficient (Wildman–Crippen LogP) is 4.67. The fraction of sp³-hybridized carbons (Fsp3) is 0.960. The molecule has 1 unspecified atom stereocenters. The van der Waals surface area contributed by atoms with Crippen LogP contribution >= 0.6 is 0 Å². The molecule has 0 aromatic carbocycles. The number of hydrogen-bond acceptors (Lipinski definition) is 3. The van der Waals surface area contributed by atoms with Gasteiger partial charge in [-0.15, -0.1) is 0 Å². The summed E-state index contributed by atoms with van der Waals surface area (Å²) in [7, 11) is 0. The lowest BCUT2D eigenvalue weighted by atomic mass is 9.49. The second-order valence-corrected chi connectivity index (χ2v) is 11.8. The first-order valence-electron chi connectivity index (χ1n) is 12.3. The lowest BCUT2D eigenvalue weighted by Crippen LogP contribution is -2.51. The first-order valence-corrected chi connectivity index (χ1v) is 12.3. The minimum Gasteiger partial charge on any atom is -0.390 e. The zero-order valence-electron chi connectivity index (χ0n) is 18.2. The Labute approximate surface area is 171 Å². The Bertz CT molecular complexity index is 610. The third-order valence-corrected chi connectivity index (χ3v) is 10.2. The maximum atomic E-state index is 13.3. The second kappa shape index (κ2) is 7.08. The predicted molar refractivity (Wildman–Crippen MR) is 112 cm³/mol. The Morgan fingerprint density at radius 1 is 0.929 bits per heavy atom. The van der Waals surface area contributed by atoms with Crippen molar-refractivity contribution in [3.05, 3.63) is 0 Å². The number of nitrogens with zero attached hydrogens (tertiary/aromatic N) is 1. The zero-order valence-corrected chi connectivity index (χ0v) is 18.2. The van der Waals surface area contributed by atoms with Crippen LogP contribution in [0.2, 0.25) is 0 Å². The summed E-state index contributed by atoms with van der Waals surface area (Å²) in [5.74, 6) is 5.00. The third kappa shape index (κ3) is 3.20. The van der Waals surface area contributed by atoms with Gasteiger partial charge in [0.2, 0.25) is 0 Å². The molecule has 28 heavy (non-hydrogen) atoms. The maximum Gasteiger partial charge on any atom is 0.150 e. The van der Waals surface area contributed by atoms with Gasteiger partial charge in [0.25, 0.3) is 0 Å². The van der Waals surface area contributed by atoms with E-state index in [0.717, 1.165) is 68.5 Å². The van der Waals surface area contributed by atoms with Crippen molar-refractivity contribution in [2.45, 2.75) is 90.1 Å². The van der Waals surface area contributed by atoms with Crippen LogP contribution in [0.25, 0.3) is 0 Å². The largest absolute Gasteiger partial charge is 0.390 e. The molecule has 8 atom stereocenters. The molecular weight excluding hydrogens is 346 g/mol. The van der Waals surface area contributed by atoms with Crippen molar-refractivity contribution in [1.29, 1.82) is 0 Å². The van der Waals surface area contributed by atoms with E-state index in [1.807, 2.05) is 0 Å². The highest BCUT2D eigenvalue weighted by atomic mass is 16.3. The van der Waals surface area contributed by atoms with Crippen LogP contribution in [0.4, 0.5) is 0 Å². The molecule has 3 heteroatoms. The lowest BCUT2D eigenvalue weighted by Gasteiger charge is -2.56. The number of carbonyl (C=O) groups is 1. The average Bonchev–Trinajstić information content (AvgIpc) is 3.27. The molecule has 0 aromatic heterocycles. The van der Waals surface area contributed by atoms with Gasteiger partial charge in [-0.25, -0.2) is 0 Å². The van der Waals surface area contributed by atoms with Crippen LogP contribution in [-0.2, 0) is 4.79 Å². The van der Waals surface area contributed by atoms with Gasteiger partial charge in [-0.1, -0.05) is 6.92 Å². The molecule has 1 saturated heterocycles. The van der Waals surface area contributed by atoms with E-state index in [1.54, 1.807) is 0 Å². The summed E-state index contributed by atoms with van der Waals surface area (Å²) in [5.41, 5.74) is -0.150. The lowest BCUT2D eigenvalue weighted by molar-refractivity contribution is -0.133. The normalized spacial score (nSPS) is 51.4. The molecule has 0 spiro atoms. The Morgan fingerprint density at radius 3 is 2.46 bits per heavy atom. The van der Waals surface area contributed by atoms with Gasteiger partial charge in [-0.2, -0.15) is 0 Å². The van der Waals surface area contributed by atoms with Gasteiger partial charge in [0, 0.05) is 5.92 Å². The highest BCUT2D eigenvalue weighted by Crippen LogP contribution is 2.64. The SMILES string of the molecule is C[C@@]1(O)CC[C@H]2C(CC[C@@H]3[C@@H]2CC[C@]2(C)[C@@H](C(=O)CN4CCCC4)CC[C@@H]32)C1. The molecule has 0 radical (unpaired) electrons. The van der Waals surface area contributed by atoms with Crippen LogP contribution in [-0.4, -0.2) is 41.0 Å². The fourth-order valence-corrected chi connectivity index (χ4v) is 8.88. The van der Waals surface area contributed by atoms with Gasteiger partial charge >= 0.3 is 0 Å². The highest BCUT2D eigenvalue weighted by Gasteiger charge is 2.58. The summed E-state index contributed by atoms with van der Waals surface area (Å²) in [5, 5.41) is 10.6. The molecule has 5 aliphatic rings. The number of carbonyl (C=O) groups excluding carboxylic acids is 1. The van der Waals surface area contributed by atoms with E-state index in [9.17, 15) is 9.90 Å². The van der Waals surface area contributed by atoms with Crippen molar-refractivity contribution in [3.63, 3.8) is 0 Å². The number of likely N-dealkylation sites (tertiary alicyclic amines) is 1. The van der Waals surface area contributed by atoms with Crippen molar-refractivity contribution in [3.8, 4) is 0 Å². The number of aliphatic hydroxyl groups is 1. The molecule has 4 saturated carbocycles. The number of fused-ring (bicyclic) bond motifs is 5. The van der Waals surface area contributed by atoms with Crippen molar-refractivity contribution >= 4 is 5.78 Å². The summed E-state index contributed by atoms with van der Waals surface area (Å²) in [6.07, 6.45) is 13.5. The molecule has 5 rings (SSSR count). The molecular formula is C25H41NO2. The molecule has 0 amide bonds. The smallest absolute Gasteiger partial charge is 0.150 e. The van der Waals surface area contributed by atoms with Crippen molar-refractivity contribution in [2.24, 2.45) is 40.9 Å². The molecule has 3 nitrogen and oxygen atoms in total. The highest BCUT2D eigenvalue weighted by molar-refractivity contribution is 5.84. The Morgan fingerprint density at radius 2 is 1.68 bits per heavy atom. The van der Waals surface area contributed by atoms with Crippen LogP contribution in [0.3, 0.4) is 0 Å². The number of Topliss-reactive ketones (excluding diaryl/α,β-unsaturated/α-hetero) is 1. The van der Waals surface area contributed by atoms with Crippen molar-refractivity contribution in [1.82, 2.24) is 4.90 Å². The van der Waals surface area contributed by atoms with Gasteiger partial charge in [-0.3, -0.25) is 9.69 Å². The monoisotopic (exact) mass is 387 g/mol. The van der Waals surface area contributed by atoms with E-state index in [-0.39, 0.29) is 5.41 Å². The molecule has 0 aromatic rings. The molecule has 4 aliphatic carbocycles. The second-order valence-electron chi connectivity index (χ2n) is 11.8. The van der Waals surface area contributed by atoms with E-state index in [1.165, 1.54) is 51.4 Å². The van der Waals surface area contributed by atoms with Crippen molar-refractivity contribution < 1.29 is 9.90 Å². The number of rotatable bonds is 3. The van der Waals surface area contributed by atoms with Gasteiger partial charge in [0.15, 0.2) is 0 Å². The fourth-order valence-electron chi connectivity index (χ4n) is 8.88. The summed E-state index contributed by atoms with van der Waals surface area (Å²) < 4.78 is 0. The van der Waals surface area contributed by atoms with E-state index in [2.05, 4.69) is 18.7 Å². The van der Waals surface area contributed by atoms with Crippen LogP contribution in [0, 0.1) is 40.9 Å². The van der Waals surface area contributed by atoms with Crippen LogP contribution in [0.1, 0.15) is 84.5 Å². The van der Waals surface area contributed by atoms with E-state index in [0.29, 0.717) is 11.7 Å². The zero-order chi connectivity index (χ0) is 19.5. The van der Waals surface area contributed by atoms with Crippen LogP contribution in [0.5, 0.6) is 0 Å². The third-order valence-electron chi connectivity index (χ3n) is 10.2. The maximum absolute atomic E-state index is 13.3. The Kier molecular flexibility index (Phi) is 4.94. The molecule has 1 heterocycles. The van der Waals surface area contributed by atoms with Crippen molar-refractivity contribution in [2.75, 3.05) is 19.6 Å². The standard InChI is InChI=1S/C25H41NO2/c1-24(28)11-9-18-17(15-24)5-6-20-19(18)10-12-25(2)21(20)7-8-22(25)23(27)16-26-13-3-4-14-26/h17-22,28H,3-16H2,1-2H3/t17?,18-,19+,20+,21-,22+,24+,25-/m0/s1. The number of hydrogen-bond donors (Lipinski definition) is 1. The molecule has 0 bridgehead atoms. The summed E-state index contributed by atoms with van der Waals surface area (Å²) in [4.78, 5) is 15.7. The van der Waals surface area contributed by atoms with Crippen LogP contribution in [0.15, 0.2) is 0 Å². The van der Waals surface area contributed by atoms with E-state index in [4.69, 9.17) is 0 Å². The summed E-state index contributed by atoms with van der Waals surface area (Å²) in [6, 6.07) is 0. The van der Waals surface area contributed by atoms with Gasteiger partial charge in [0.1, 0.15) is 5.78 Å². The minimum absolute atomic E-state index is 0.269. The summed E-state index contributed by atoms with van der Waals surface area (Å²) in [6.45, 7) is 7.54. The minimum atomic E-state index is -0.419. The Balaban J connectivity index is 1.29. The first-order chi connectivity index (χ1) is 13.4. The summed E-state index contributed by atoms with van der Waals surface area (Å²) >= 11 is 0. The molecule has 5 fully saturated rings. The quantitative estimate of drug-likeness (QED) is 0.765. The van der Waals surface area contributed by atoms with Gasteiger partial charge in [-0.05, 0) is 126 Å². The Hall–Kier alpha value is -0.410. The first kappa shape index (κ1) is 19.5. The molecule has 1 N–H and O–H groups in total. The van der Waals surface area contributed by atoms with E-state index >= 15 is 0 Å². The van der Waals surface area contributed by atoms with Gasteiger partial charge < -0.3 is 5.11 Å². The van der Waals surface area contributed by atoms with Gasteiger partial charge in [0.05, 0.1) is 12.1 Å². The van der Waals surface area contributed by atoms with E-state index < -0.39 is 5.60 Å². The average molecular weight is 388 g/mol. The molecule has 1 aliphatic heterocycles. The topological polar surface area (TPSA) is 40.5 Å². The number of ketones is 1. The van der Waals surface area contributed by atoms with Crippen LogP contribution < -0.4 is 0 Å².